The van der Waals surface area contributed by atoms with Gasteiger partial charge in [-0.25, -0.2) is 0 Å². The molecular weight excluding hydrogens is 432 g/mol. The zero-order valence-electron chi connectivity index (χ0n) is 21.4. The first-order valence-electron chi connectivity index (χ1n) is 12.9. The number of methoxy groups -OCH3 is 2. The molecule has 190 valence electrons. The molecule has 7 nitrogen and oxygen atoms in total. The van der Waals surface area contributed by atoms with Gasteiger partial charge >= 0.3 is 5.97 Å². The molecule has 0 aliphatic carbocycles. The minimum absolute atomic E-state index is 0.0762. The molecule has 1 aromatic carbocycles. The van der Waals surface area contributed by atoms with Gasteiger partial charge in [-0.2, -0.15) is 0 Å². The number of morpholine rings is 1. The highest BCUT2D eigenvalue weighted by atomic mass is 16.5. The Hall–Kier alpha value is -1.83. The molecule has 0 bridgehead atoms. The molecule has 1 aromatic rings. The monoisotopic (exact) mass is 474 g/mol. The van der Waals surface area contributed by atoms with Crippen LogP contribution in [0.4, 0.5) is 0 Å². The van der Waals surface area contributed by atoms with E-state index in [-0.39, 0.29) is 5.97 Å². The van der Waals surface area contributed by atoms with Gasteiger partial charge in [0.05, 0.1) is 40.5 Å². The third-order valence-corrected chi connectivity index (χ3v) is 7.74. The molecule has 0 N–H and O–H groups in total. The molecule has 0 unspecified atom stereocenters. The number of fused-ring (bicyclic) bond motifs is 3. The SMILES string of the molecule is COc1cc2c(cc1OC)[C@H]1C[C@@H](COC(=O)CCN3CCOCC3)[C@H](CC(C)C)CN1CC2. The van der Waals surface area contributed by atoms with E-state index in [1.54, 1.807) is 14.2 Å². The third kappa shape index (κ3) is 6.04. The highest BCUT2D eigenvalue weighted by molar-refractivity contribution is 5.69. The summed E-state index contributed by atoms with van der Waals surface area (Å²) >= 11 is 0. The Morgan fingerprint density at radius 1 is 1.09 bits per heavy atom. The molecule has 0 amide bonds. The molecule has 3 atom stereocenters. The Kier molecular flexibility index (Phi) is 8.72. The summed E-state index contributed by atoms with van der Waals surface area (Å²) in [6.07, 6.45) is 3.66. The number of rotatable bonds is 9. The van der Waals surface area contributed by atoms with Gasteiger partial charge in [0.15, 0.2) is 11.5 Å². The lowest BCUT2D eigenvalue weighted by Crippen LogP contribution is -2.47. The summed E-state index contributed by atoms with van der Waals surface area (Å²) in [5.41, 5.74) is 2.69. The minimum atomic E-state index is -0.0762. The minimum Gasteiger partial charge on any atom is -0.493 e. The Bertz CT molecular complexity index is 823. The van der Waals surface area contributed by atoms with Gasteiger partial charge in [0.1, 0.15) is 0 Å². The number of benzene rings is 1. The molecule has 3 aliphatic heterocycles. The van der Waals surface area contributed by atoms with Gasteiger partial charge in [0.2, 0.25) is 0 Å². The van der Waals surface area contributed by atoms with Crippen molar-refractivity contribution < 1.29 is 23.7 Å². The number of piperidine rings is 1. The van der Waals surface area contributed by atoms with E-state index in [1.165, 1.54) is 11.1 Å². The van der Waals surface area contributed by atoms with Crippen LogP contribution in [0.1, 0.15) is 50.3 Å². The summed E-state index contributed by atoms with van der Waals surface area (Å²) in [4.78, 5) is 17.5. The van der Waals surface area contributed by atoms with E-state index in [1.807, 2.05) is 0 Å². The summed E-state index contributed by atoms with van der Waals surface area (Å²) in [6.45, 7) is 11.3. The topological polar surface area (TPSA) is 60.5 Å². The number of hydrogen-bond donors (Lipinski definition) is 0. The third-order valence-electron chi connectivity index (χ3n) is 7.74. The first-order valence-corrected chi connectivity index (χ1v) is 12.9. The Labute approximate surface area is 204 Å². The van der Waals surface area contributed by atoms with Gasteiger partial charge in [0, 0.05) is 38.8 Å². The Balaban J connectivity index is 1.42. The fourth-order valence-electron chi connectivity index (χ4n) is 5.93. The number of carbonyl (C=O) groups is 1. The lowest BCUT2D eigenvalue weighted by atomic mass is 9.74. The van der Waals surface area contributed by atoms with Crippen molar-refractivity contribution in [2.24, 2.45) is 17.8 Å². The Morgan fingerprint density at radius 3 is 2.53 bits per heavy atom. The van der Waals surface area contributed by atoms with E-state index in [2.05, 4.69) is 35.8 Å². The quantitative estimate of drug-likeness (QED) is 0.507. The zero-order chi connectivity index (χ0) is 24.1. The summed E-state index contributed by atoms with van der Waals surface area (Å²) in [7, 11) is 3.39. The number of esters is 1. The molecule has 2 fully saturated rings. The molecule has 0 aromatic heterocycles. The standard InChI is InChI=1S/C27H42N2O5/c1-19(2)13-21-17-29-8-5-20-15-25(31-3)26(32-4)16-23(20)24(29)14-22(21)18-34-27(30)6-7-28-9-11-33-12-10-28/h15-16,19,21-22,24H,5-14,17-18H2,1-4H3/t21-,22+,24-/m1/s1. The highest BCUT2D eigenvalue weighted by Gasteiger charge is 2.40. The van der Waals surface area contributed by atoms with E-state index in [0.29, 0.717) is 36.8 Å². The van der Waals surface area contributed by atoms with Crippen LogP contribution in [0.3, 0.4) is 0 Å². The maximum absolute atomic E-state index is 12.6. The van der Waals surface area contributed by atoms with E-state index < -0.39 is 0 Å². The fraction of sp³-hybridized carbons (Fsp3) is 0.741. The molecule has 0 saturated carbocycles. The Morgan fingerprint density at radius 2 is 1.82 bits per heavy atom. The van der Waals surface area contributed by atoms with Crippen LogP contribution in [-0.4, -0.2) is 82.5 Å². The van der Waals surface area contributed by atoms with Crippen LogP contribution >= 0.6 is 0 Å². The normalized spacial score (nSPS) is 25.5. The maximum atomic E-state index is 12.6. The van der Waals surface area contributed by atoms with Crippen molar-refractivity contribution in [3.05, 3.63) is 23.3 Å². The molecule has 3 heterocycles. The first-order chi connectivity index (χ1) is 16.5. The van der Waals surface area contributed by atoms with Gasteiger partial charge in [-0.1, -0.05) is 13.8 Å². The molecule has 34 heavy (non-hydrogen) atoms. The maximum Gasteiger partial charge on any atom is 0.307 e. The summed E-state index contributed by atoms with van der Waals surface area (Å²) in [5.74, 6) is 3.06. The van der Waals surface area contributed by atoms with Crippen LogP contribution in [-0.2, 0) is 20.7 Å². The lowest BCUT2D eigenvalue weighted by molar-refractivity contribution is -0.147. The fourth-order valence-corrected chi connectivity index (χ4v) is 5.93. The van der Waals surface area contributed by atoms with Gasteiger partial charge in [-0.3, -0.25) is 14.6 Å². The van der Waals surface area contributed by atoms with Gasteiger partial charge in [0.25, 0.3) is 0 Å². The molecular formula is C27H42N2O5. The summed E-state index contributed by atoms with van der Waals surface area (Å²) in [5, 5.41) is 0. The van der Waals surface area contributed by atoms with E-state index in [0.717, 1.165) is 76.7 Å². The van der Waals surface area contributed by atoms with Crippen molar-refractivity contribution in [1.29, 1.82) is 0 Å². The predicted octanol–water partition coefficient (Wildman–Crippen LogP) is 3.55. The predicted molar refractivity (Wildman–Crippen MR) is 131 cm³/mol. The van der Waals surface area contributed by atoms with Crippen LogP contribution in [0.5, 0.6) is 11.5 Å². The molecule has 0 spiro atoms. The van der Waals surface area contributed by atoms with E-state index >= 15 is 0 Å². The second-order valence-electron chi connectivity index (χ2n) is 10.4. The van der Waals surface area contributed by atoms with Crippen molar-refractivity contribution in [3.63, 3.8) is 0 Å². The number of carbonyl (C=O) groups excluding carboxylic acids is 1. The van der Waals surface area contributed by atoms with E-state index in [9.17, 15) is 4.79 Å². The number of ether oxygens (including phenoxy) is 4. The summed E-state index contributed by atoms with van der Waals surface area (Å²) < 4.78 is 22.4. The number of hydrogen-bond acceptors (Lipinski definition) is 7. The van der Waals surface area contributed by atoms with Gasteiger partial charge in [-0.15, -0.1) is 0 Å². The van der Waals surface area contributed by atoms with Gasteiger partial charge < -0.3 is 18.9 Å². The largest absolute Gasteiger partial charge is 0.493 e. The lowest BCUT2D eigenvalue weighted by Gasteiger charge is -2.47. The van der Waals surface area contributed by atoms with Crippen molar-refractivity contribution in [2.75, 3.05) is 66.8 Å². The molecule has 2 saturated heterocycles. The van der Waals surface area contributed by atoms with Crippen LogP contribution in [0, 0.1) is 17.8 Å². The smallest absolute Gasteiger partial charge is 0.307 e. The number of nitrogens with zero attached hydrogens (tertiary/aromatic N) is 2. The van der Waals surface area contributed by atoms with Crippen LogP contribution < -0.4 is 9.47 Å². The highest BCUT2D eigenvalue weighted by Crippen LogP contribution is 2.45. The first kappa shape index (κ1) is 25.3. The summed E-state index contributed by atoms with van der Waals surface area (Å²) in [6, 6.07) is 4.65. The van der Waals surface area contributed by atoms with Crippen LogP contribution in [0.25, 0.3) is 0 Å². The van der Waals surface area contributed by atoms with Crippen molar-refractivity contribution in [2.45, 2.75) is 45.6 Å². The average Bonchev–Trinajstić information content (AvgIpc) is 2.85. The molecule has 4 rings (SSSR count). The van der Waals surface area contributed by atoms with Crippen molar-refractivity contribution in [3.8, 4) is 11.5 Å². The van der Waals surface area contributed by atoms with E-state index in [4.69, 9.17) is 18.9 Å². The van der Waals surface area contributed by atoms with Crippen LogP contribution in [0.2, 0.25) is 0 Å². The van der Waals surface area contributed by atoms with Crippen LogP contribution in [0.15, 0.2) is 12.1 Å². The van der Waals surface area contributed by atoms with Gasteiger partial charge in [-0.05, 0) is 60.3 Å². The zero-order valence-corrected chi connectivity index (χ0v) is 21.4. The molecule has 3 aliphatic rings. The molecule has 7 heteroatoms. The second kappa shape index (κ2) is 11.7. The average molecular weight is 475 g/mol. The second-order valence-corrected chi connectivity index (χ2v) is 10.4. The van der Waals surface area contributed by atoms with Crippen molar-refractivity contribution in [1.82, 2.24) is 9.80 Å². The van der Waals surface area contributed by atoms with Crippen molar-refractivity contribution >= 4 is 5.97 Å². The molecule has 0 radical (unpaired) electrons.